The van der Waals surface area contributed by atoms with E-state index < -0.39 is 0 Å². The first kappa shape index (κ1) is 15.3. The highest BCUT2D eigenvalue weighted by atomic mass is 32.1. The van der Waals surface area contributed by atoms with Crippen molar-refractivity contribution >= 4 is 27.3 Å². The molecule has 1 amide bonds. The standard InChI is InChI=1S/C19H17FN2OS/c20-14-6-4-13(5-7-14)15-2-1-3-17-16(15)12-18(24-17)19(23)22-10-8-21-9-11-22/h1-7,12,21H,8-11H2. The summed E-state index contributed by atoms with van der Waals surface area (Å²) in [5.41, 5.74) is 1.99. The molecule has 0 spiro atoms. The van der Waals surface area contributed by atoms with Crippen LogP contribution in [0.15, 0.2) is 48.5 Å². The number of carbonyl (C=O) groups excluding carboxylic acids is 1. The Labute approximate surface area is 143 Å². The van der Waals surface area contributed by atoms with Gasteiger partial charge in [0.05, 0.1) is 4.88 Å². The molecule has 1 aliphatic heterocycles. The van der Waals surface area contributed by atoms with E-state index in [1.807, 2.05) is 29.2 Å². The van der Waals surface area contributed by atoms with E-state index in [1.54, 1.807) is 12.1 Å². The fraction of sp³-hybridized carbons (Fsp3) is 0.211. The Morgan fingerprint density at radius 2 is 1.83 bits per heavy atom. The molecule has 1 saturated heterocycles. The molecule has 1 N–H and O–H groups in total. The zero-order chi connectivity index (χ0) is 16.5. The summed E-state index contributed by atoms with van der Waals surface area (Å²) in [5, 5.41) is 4.31. The van der Waals surface area contributed by atoms with E-state index in [9.17, 15) is 9.18 Å². The third kappa shape index (κ3) is 2.81. The normalized spacial score (nSPS) is 15.0. The van der Waals surface area contributed by atoms with Crippen LogP contribution in [0.5, 0.6) is 0 Å². The summed E-state index contributed by atoms with van der Waals surface area (Å²) in [5.74, 6) is -0.145. The molecule has 3 aromatic rings. The van der Waals surface area contributed by atoms with Crippen LogP contribution >= 0.6 is 11.3 Å². The van der Waals surface area contributed by atoms with Crippen LogP contribution in [0.4, 0.5) is 4.39 Å². The number of hydrogen-bond donors (Lipinski definition) is 1. The minimum Gasteiger partial charge on any atom is -0.335 e. The minimum atomic E-state index is -0.245. The molecule has 1 aliphatic rings. The van der Waals surface area contributed by atoms with Crippen LogP contribution in [0, 0.1) is 5.82 Å². The summed E-state index contributed by atoms with van der Waals surface area (Å²) in [4.78, 5) is 15.4. The third-order valence-electron chi connectivity index (χ3n) is 4.33. The molecule has 1 fully saturated rings. The lowest BCUT2D eigenvalue weighted by molar-refractivity contribution is 0.0741. The Morgan fingerprint density at radius 3 is 2.58 bits per heavy atom. The van der Waals surface area contributed by atoms with E-state index in [-0.39, 0.29) is 11.7 Å². The molecule has 0 atom stereocenters. The quantitative estimate of drug-likeness (QED) is 0.770. The second-order valence-electron chi connectivity index (χ2n) is 5.88. The van der Waals surface area contributed by atoms with Crippen molar-refractivity contribution < 1.29 is 9.18 Å². The number of thiophene rings is 1. The summed E-state index contributed by atoms with van der Waals surface area (Å²) in [6.45, 7) is 3.19. The van der Waals surface area contributed by atoms with Crippen LogP contribution in [0.1, 0.15) is 9.67 Å². The fourth-order valence-corrected chi connectivity index (χ4v) is 4.13. The maximum absolute atomic E-state index is 13.2. The number of rotatable bonds is 2. The highest BCUT2D eigenvalue weighted by Gasteiger charge is 2.20. The highest BCUT2D eigenvalue weighted by Crippen LogP contribution is 2.34. The van der Waals surface area contributed by atoms with Crippen molar-refractivity contribution in [1.29, 1.82) is 0 Å². The zero-order valence-electron chi connectivity index (χ0n) is 13.1. The van der Waals surface area contributed by atoms with Crippen LogP contribution in [-0.2, 0) is 0 Å². The molecule has 24 heavy (non-hydrogen) atoms. The number of amides is 1. The molecule has 0 radical (unpaired) electrons. The summed E-state index contributed by atoms with van der Waals surface area (Å²) < 4.78 is 14.3. The second kappa shape index (κ2) is 6.34. The molecule has 122 valence electrons. The van der Waals surface area contributed by atoms with Crippen molar-refractivity contribution in [3.8, 4) is 11.1 Å². The molecule has 2 aromatic carbocycles. The maximum atomic E-state index is 13.2. The van der Waals surface area contributed by atoms with Gasteiger partial charge in [-0.25, -0.2) is 4.39 Å². The van der Waals surface area contributed by atoms with Crippen LogP contribution in [-0.4, -0.2) is 37.0 Å². The molecule has 0 aliphatic carbocycles. The first-order valence-electron chi connectivity index (χ1n) is 8.01. The SMILES string of the molecule is O=C(c1cc2c(-c3ccc(F)cc3)cccc2s1)N1CCNCC1. The topological polar surface area (TPSA) is 32.3 Å². The number of nitrogens with one attached hydrogen (secondary N) is 1. The first-order valence-corrected chi connectivity index (χ1v) is 8.82. The van der Waals surface area contributed by atoms with E-state index in [0.29, 0.717) is 0 Å². The molecular formula is C19H17FN2OS. The first-order chi connectivity index (χ1) is 11.7. The van der Waals surface area contributed by atoms with Gasteiger partial charge < -0.3 is 10.2 Å². The van der Waals surface area contributed by atoms with Gasteiger partial charge in [0.2, 0.25) is 0 Å². The third-order valence-corrected chi connectivity index (χ3v) is 5.42. The molecule has 5 heteroatoms. The van der Waals surface area contributed by atoms with Crippen molar-refractivity contribution in [2.45, 2.75) is 0 Å². The van der Waals surface area contributed by atoms with Gasteiger partial charge >= 0.3 is 0 Å². The smallest absolute Gasteiger partial charge is 0.264 e. The Bertz CT molecular complexity index is 882. The predicted molar refractivity (Wildman–Crippen MR) is 96.0 cm³/mol. The van der Waals surface area contributed by atoms with Crippen molar-refractivity contribution in [2.75, 3.05) is 26.2 Å². The molecule has 0 bridgehead atoms. The summed E-state index contributed by atoms with van der Waals surface area (Å²) in [6.07, 6.45) is 0. The number of piperazine rings is 1. The Hall–Kier alpha value is -2.24. The average Bonchev–Trinajstić information content (AvgIpc) is 3.07. The maximum Gasteiger partial charge on any atom is 0.264 e. The number of halogens is 1. The van der Waals surface area contributed by atoms with Crippen LogP contribution in [0.25, 0.3) is 21.2 Å². The lowest BCUT2D eigenvalue weighted by atomic mass is 10.0. The van der Waals surface area contributed by atoms with Gasteiger partial charge in [-0.3, -0.25) is 4.79 Å². The van der Waals surface area contributed by atoms with Gasteiger partial charge in [0, 0.05) is 36.3 Å². The van der Waals surface area contributed by atoms with E-state index in [4.69, 9.17) is 0 Å². The van der Waals surface area contributed by atoms with Crippen molar-refractivity contribution in [2.24, 2.45) is 0 Å². The lowest BCUT2D eigenvalue weighted by Gasteiger charge is -2.26. The number of carbonyl (C=O) groups is 1. The Balaban J connectivity index is 1.74. The van der Waals surface area contributed by atoms with E-state index >= 15 is 0 Å². The van der Waals surface area contributed by atoms with Gasteiger partial charge in [-0.1, -0.05) is 24.3 Å². The Morgan fingerprint density at radius 1 is 1.08 bits per heavy atom. The molecule has 4 rings (SSSR count). The van der Waals surface area contributed by atoms with Gasteiger partial charge in [0.15, 0.2) is 0 Å². The number of benzene rings is 2. The number of nitrogens with zero attached hydrogens (tertiary/aromatic N) is 1. The molecule has 1 aromatic heterocycles. The van der Waals surface area contributed by atoms with Crippen LogP contribution in [0.3, 0.4) is 0 Å². The van der Waals surface area contributed by atoms with Crippen molar-refractivity contribution in [1.82, 2.24) is 10.2 Å². The van der Waals surface area contributed by atoms with Crippen molar-refractivity contribution in [3.63, 3.8) is 0 Å². The summed E-state index contributed by atoms with van der Waals surface area (Å²) >= 11 is 1.53. The zero-order valence-corrected chi connectivity index (χ0v) is 13.9. The van der Waals surface area contributed by atoms with Gasteiger partial charge in [0.25, 0.3) is 5.91 Å². The average molecular weight is 340 g/mol. The van der Waals surface area contributed by atoms with Gasteiger partial charge in [-0.05, 0) is 35.4 Å². The van der Waals surface area contributed by atoms with Crippen LogP contribution in [0.2, 0.25) is 0 Å². The van der Waals surface area contributed by atoms with E-state index in [0.717, 1.165) is 52.3 Å². The van der Waals surface area contributed by atoms with Gasteiger partial charge in [0.1, 0.15) is 5.82 Å². The van der Waals surface area contributed by atoms with E-state index in [2.05, 4.69) is 5.32 Å². The largest absolute Gasteiger partial charge is 0.335 e. The number of fused-ring (bicyclic) bond motifs is 1. The molecule has 0 saturated carbocycles. The van der Waals surface area contributed by atoms with Gasteiger partial charge in [-0.2, -0.15) is 0 Å². The molecular weight excluding hydrogens is 323 g/mol. The second-order valence-corrected chi connectivity index (χ2v) is 6.96. The van der Waals surface area contributed by atoms with Crippen LogP contribution < -0.4 is 5.32 Å². The molecule has 3 nitrogen and oxygen atoms in total. The predicted octanol–water partition coefficient (Wildman–Crippen LogP) is 3.75. The number of hydrogen-bond acceptors (Lipinski definition) is 3. The monoisotopic (exact) mass is 340 g/mol. The van der Waals surface area contributed by atoms with E-state index in [1.165, 1.54) is 23.5 Å². The fourth-order valence-electron chi connectivity index (χ4n) is 3.07. The summed E-state index contributed by atoms with van der Waals surface area (Å²) in [6, 6.07) is 14.5. The Kier molecular flexibility index (Phi) is 4.04. The minimum absolute atomic E-state index is 0.0998. The van der Waals surface area contributed by atoms with Crippen molar-refractivity contribution in [3.05, 3.63) is 59.2 Å². The lowest BCUT2D eigenvalue weighted by Crippen LogP contribution is -2.46. The molecule has 2 heterocycles. The summed E-state index contributed by atoms with van der Waals surface area (Å²) in [7, 11) is 0. The highest BCUT2D eigenvalue weighted by molar-refractivity contribution is 7.20. The molecule has 0 unspecified atom stereocenters. The van der Waals surface area contributed by atoms with Gasteiger partial charge in [-0.15, -0.1) is 11.3 Å².